The van der Waals surface area contributed by atoms with Gasteiger partial charge >= 0.3 is 0 Å². The van der Waals surface area contributed by atoms with E-state index in [4.69, 9.17) is 16.0 Å². The highest BCUT2D eigenvalue weighted by molar-refractivity contribution is 9.10. The lowest BCUT2D eigenvalue weighted by atomic mass is 10.0. The van der Waals surface area contributed by atoms with Crippen LogP contribution in [0.1, 0.15) is 10.4 Å². The van der Waals surface area contributed by atoms with Gasteiger partial charge < -0.3 is 9.73 Å². The number of nitrogens with one attached hydrogen (secondary N) is 1. The Hall–Kier alpha value is -3.22. The van der Waals surface area contributed by atoms with Crippen LogP contribution in [0.2, 0.25) is 5.02 Å². The lowest BCUT2D eigenvalue weighted by Crippen LogP contribution is -2.12. The van der Waals surface area contributed by atoms with Gasteiger partial charge in [0.05, 0.1) is 10.7 Å². The van der Waals surface area contributed by atoms with Crippen molar-refractivity contribution in [3.8, 4) is 11.5 Å². The van der Waals surface area contributed by atoms with Gasteiger partial charge in [0.1, 0.15) is 0 Å². The van der Waals surface area contributed by atoms with Gasteiger partial charge in [-0.15, -0.1) is 0 Å². The summed E-state index contributed by atoms with van der Waals surface area (Å²) in [5.74, 6) is 0.155. The van der Waals surface area contributed by atoms with Crippen molar-refractivity contribution in [3.05, 3.63) is 88.0 Å². The minimum atomic E-state index is -0.253. The number of pyridine rings is 1. The molecule has 3 aromatic carbocycles. The fourth-order valence-electron chi connectivity index (χ4n) is 3.31. The molecule has 146 valence electrons. The first-order valence-corrected chi connectivity index (χ1v) is 10.3. The van der Waals surface area contributed by atoms with Crippen LogP contribution >= 0.6 is 27.5 Å². The van der Waals surface area contributed by atoms with Crippen molar-refractivity contribution in [1.29, 1.82) is 0 Å². The monoisotopic (exact) mass is 477 g/mol. The fourth-order valence-corrected chi connectivity index (χ4v) is 3.97. The van der Waals surface area contributed by atoms with E-state index in [0.29, 0.717) is 39.0 Å². The van der Waals surface area contributed by atoms with Crippen LogP contribution in [-0.2, 0) is 0 Å². The summed E-state index contributed by atoms with van der Waals surface area (Å²) in [6, 6.07) is 20.2. The van der Waals surface area contributed by atoms with Crippen molar-refractivity contribution >= 4 is 61.1 Å². The predicted octanol–water partition coefficient (Wildman–Crippen LogP) is 6.71. The smallest absolute Gasteiger partial charge is 0.256 e. The third-order valence-corrected chi connectivity index (χ3v) is 5.76. The average Bonchev–Trinajstić information content (AvgIpc) is 3.19. The first-order valence-electron chi connectivity index (χ1n) is 9.10. The highest BCUT2D eigenvalue weighted by Gasteiger charge is 2.15. The third-order valence-electron chi connectivity index (χ3n) is 4.74. The first kappa shape index (κ1) is 18.8. The second-order valence-corrected chi connectivity index (χ2v) is 7.89. The summed E-state index contributed by atoms with van der Waals surface area (Å²) in [4.78, 5) is 21.6. The zero-order valence-electron chi connectivity index (χ0n) is 15.4. The summed E-state index contributed by atoms with van der Waals surface area (Å²) in [5, 5.41) is 5.14. The quantitative estimate of drug-likeness (QED) is 0.313. The van der Waals surface area contributed by atoms with Crippen LogP contribution in [0.25, 0.3) is 33.5 Å². The maximum atomic E-state index is 13.0. The molecule has 0 fully saturated rings. The number of aromatic nitrogens is 2. The van der Waals surface area contributed by atoms with Gasteiger partial charge in [-0.05, 0) is 53.2 Å². The summed E-state index contributed by atoms with van der Waals surface area (Å²) < 4.78 is 6.70. The molecule has 0 aliphatic carbocycles. The maximum Gasteiger partial charge on any atom is 0.256 e. The number of anilines is 1. The number of rotatable bonds is 3. The molecule has 7 heteroatoms. The molecule has 2 heterocycles. The van der Waals surface area contributed by atoms with Crippen LogP contribution in [0.15, 0.2) is 81.8 Å². The van der Waals surface area contributed by atoms with Crippen LogP contribution in [0, 0.1) is 0 Å². The number of hydrogen-bond donors (Lipinski definition) is 1. The van der Waals surface area contributed by atoms with Gasteiger partial charge in [-0.3, -0.25) is 4.79 Å². The Morgan fingerprint density at radius 3 is 2.70 bits per heavy atom. The molecule has 0 unspecified atom stereocenters. The molecule has 0 aliphatic heterocycles. The number of carbonyl (C=O) groups is 1. The predicted molar refractivity (Wildman–Crippen MR) is 122 cm³/mol. The molecule has 0 saturated heterocycles. The second-order valence-electron chi connectivity index (χ2n) is 6.63. The maximum absolute atomic E-state index is 13.0. The Morgan fingerprint density at radius 2 is 1.83 bits per heavy atom. The van der Waals surface area contributed by atoms with Crippen LogP contribution in [0.3, 0.4) is 0 Å². The van der Waals surface area contributed by atoms with Gasteiger partial charge in [-0.2, -0.15) is 4.98 Å². The molecule has 5 nitrogen and oxygen atoms in total. The Morgan fingerprint density at radius 1 is 1.00 bits per heavy atom. The average molecular weight is 479 g/mol. The van der Waals surface area contributed by atoms with E-state index >= 15 is 0 Å². The summed E-state index contributed by atoms with van der Waals surface area (Å²) in [7, 11) is 0. The van der Waals surface area contributed by atoms with Gasteiger partial charge in [0.25, 0.3) is 5.91 Å². The molecular weight excluding hydrogens is 466 g/mol. The van der Waals surface area contributed by atoms with Crippen molar-refractivity contribution in [3.63, 3.8) is 0 Å². The molecular formula is C23H13BrClN3O2. The minimum absolute atomic E-state index is 0.253. The van der Waals surface area contributed by atoms with Crippen LogP contribution < -0.4 is 5.32 Å². The molecule has 0 bridgehead atoms. The minimum Gasteiger partial charge on any atom is -0.434 e. The zero-order chi connectivity index (χ0) is 20.7. The van der Waals surface area contributed by atoms with E-state index in [1.54, 1.807) is 42.6 Å². The van der Waals surface area contributed by atoms with E-state index in [1.165, 1.54) is 0 Å². The molecule has 0 radical (unpaired) electrons. The molecule has 1 N–H and O–H groups in total. The number of halogens is 2. The van der Waals surface area contributed by atoms with Gasteiger partial charge in [-0.25, -0.2) is 4.98 Å². The Balaban J connectivity index is 1.51. The van der Waals surface area contributed by atoms with E-state index in [9.17, 15) is 4.79 Å². The zero-order valence-corrected chi connectivity index (χ0v) is 17.7. The van der Waals surface area contributed by atoms with E-state index in [2.05, 4.69) is 31.2 Å². The standard InChI is InChI=1S/C23H13BrClN3O2/c24-17-7-2-4-14-15(17)5-1-6-16(14)22(29)27-19-12-13(9-10-18(19)25)23-28-21-20(30-23)8-3-11-26-21/h1-12H,(H,27,29). The fraction of sp³-hybridized carbons (Fsp3) is 0. The molecule has 30 heavy (non-hydrogen) atoms. The highest BCUT2D eigenvalue weighted by Crippen LogP contribution is 2.31. The van der Waals surface area contributed by atoms with E-state index in [0.717, 1.165) is 15.2 Å². The molecule has 0 aliphatic rings. The number of fused-ring (bicyclic) bond motifs is 2. The normalized spacial score (nSPS) is 11.1. The van der Waals surface area contributed by atoms with Crippen LogP contribution in [-0.4, -0.2) is 15.9 Å². The first-order chi connectivity index (χ1) is 14.6. The molecule has 0 saturated carbocycles. The molecule has 0 spiro atoms. The lowest BCUT2D eigenvalue weighted by Gasteiger charge is -2.11. The van der Waals surface area contributed by atoms with Crippen LogP contribution in [0.4, 0.5) is 5.69 Å². The Kier molecular flexibility index (Phi) is 4.73. The highest BCUT2D eigenvalue weighted by atomic mass is 79.9. The number of hydrogen-bond acceptors (Lipinski definition) is 4. The summed E-state index contributed by atoms with van der Waals surface area (Å²) in [6.45, 7) is 0. The number of carbonyl (C=O) groups excluding carboxylic acids is 1. The van der Waals surface area contributed by atoms with Gasteiger partial charge in [-0.1, -0.05) is 51.8 Å². The van der Waals surface area contributed by atoms with E-state index < -0.39 is 0 Å². The van der Waals surface area contributed by atoms with Crippen molar-refractivity contribution in [2.75, 3.05) is 5.32 Å². The van der Waals surface area contributed by atoms with Crippen molar-refractivity contribution in [1.82, 2.24) is 9.97 Å². The number of oxazole rings is 1. The van der Waals surface area contributed by atoms with Crippen molar-refractivity contribution in [2.24, 2.45) is 0 Å². The van der Waals surface area contributed by atoms with Gasteiger partial charge in [0.2, 0.25) is 5.89 Å². The van der Waals surface area contributed by atoms with Crippen molar-refractivity contribution < 1.29 is 9.21 Å². The molecule has 5 rings (SSSR count). The molecule has 2 aromatic heterocycles. The molecule has 0 atom stereocenters. The summed E-state index contributed by atoms with van der Waals surface area (Å²) >= 11 is 9.88. The van der Waals surface area contributed by atoms with Crippen LogP contribution in [0.5, 0.6) is 0 Å². The topological polar surface area (TPSA) is 68.0 Å². The second kappa shape index (κ2) is 7.55. The largest absolute Gasteiger partial charge is 0.434 e. The number of benzene rings is 3. The SMILES string of the molecule is O=C(Nc1cc(-c2nc3ncccc3o2)ccc1Cl)c1cccc2c(Br)cccc12. The summed E-state index contributed by atoms with van der Waals surface area (Å²) in [6.07, 6.45) is 1.66. The van der Waals surface area contributed by atoms with Crippen molar-refractivity contribution in [2.45, 2.75) is 0 Å². The molecule has 1 amide bonds. The third kappa shape index (κ3) is 3.34. The van der Waals surface area contributed by atoms with E-state index in [1.807, 2.05) is 30.3 Å². The lowest BCUT2D eigenvalue weighted by molar-refractivity contribution is 0.102. The Bertz CT molecular complexity index is 1400. The summed E-state index contributed by atoms with van der Waals surface area (Å²) in [5.41, 5.74) is 2.83. The molecule has 5 aromatic rings. The van der Waals surface area contributed by atoms with Gasteiger partial charge in [0, 0.05) is 21.8 Å². The number of amides is 1. The number of nitrogens with zero attached hydrogens (tertiary/aromatic N) is 2. The Labute approximate surface area is 184 Å². The van der Waals surface area contributed by atoms with E-state index in [-0.39, 0.29) is 5.91 Å². The van der Waals surface area contributed by atoms with Gasteiger partial charge in [0.15, 0.2) is 11.2 Å².